The van der Waals surface area contributed by atoms with Gasteiger partial charge in [0.1, 0.15) is 0 Å². The molecule has 3 rings (SSSR count). The minimum atomic E-state index is -0.502. The molecule has 9 heteroatoms. The number of carbonyl (C=O) groups is 1. The van der Waals surface area contributed by atoms with Gasteiger partial charge in [-0.3, -0.25) is 14.9 Å². The van der Waals surface area contributed by atoms with Crippen molar-refractivity contribution < 1.29 is 19.2 Å². The van der Waals surface area contributed by atoms with Gasteiger partial charge in [-0.2, -0.15) is 0 Å². The Hall–Kier alpha value is -3.33. The predicted molar refractivity (Wildman–Crippen MR) is 122 cm³/mol. The fourth-order valence-electron chi connectivity index (χ4n) is 3.82. The van der Waals surface area contributed by atoms with Gasteiger partial charge in [0.25, 0.3) is 11.6 Å². The van der Waals surface area contributed by atoms with E-state index >= 15 is 0 Å². The minimum Gasteiger partial charge on any atom is -0.493 e. The fraction of sp³-hybridized carbons (Fsp3) is 0.435. The molecule has 1 aliphatic carbocycles. The SMILES string of the molecule is CCOc1ccc(CNC(=O)c2cc([N+](=O)[O-])ccc2N[C@H]2CC[C@H](N)CC2)cc1OC. The average molecular weight is 443 g/mol. The maximum atomic E-state index is 13.0. The van der Waals surface area contributed by atoms with Crippen LogP contribution in [0.5, 0.6) is 11.5 Å². The lowest BCUT2D eigenvalue weighted by molar-refractivity contribution is -0.384. The molecule has 2 aromatic rings. The largest absolute Gasteiger partial charge is 0.493 e. The predicted octanol–water partition coefficient (Wildman–Crippen LogP) is 3.61. The van der Waals surface area contributed by atoms with E-state index in [0.717, 1.165) is 31.2 Å². The Labute approximate surface area is 187 Å². The number of non-ortho nitro benzene ring substituents is 1. The van der Waals surface area contributed by atoms with Crippen LogP contribution >= 0.6 is 0 Å². The quantitative estimate of drug-likeness (QED) is 0.400. The Bertz CT molecular complexity index is 957. The smallest absolute Gasteiger partial charge is 0.270 e. The molecule has 0 saturated heterocycles. The molecular weight excluding hydrogens is 412 g/mol. The first-order valence-electron chi connectivity index (χ1n) is 10.8. The third-order valence-corrected chi connectivity index (χ3v) is 5.57. The van der Waals surface area contributed by atoms with E-state index in [1.165, 1.54) is 12.1 Å². The van der Waals surface area contributed by atoms with Crippen molar-refractivity contribution in [3.63, 3.8) is 0 Å². The summed E-state index contributed by atoms with van der Waals surface area (Å²) in [6.07, 6.45) is 3.61. The average Bonchev–Trinajstić information content (AvgIpc) is 2.80. The first-order chi connectivity index (χ1) is 15.4. The molecule has 0 atom stereocenters. The van der Waals surface area contributed by atoms with Crippen molar-refractivity contribution >= 4 is 17.3 Å². The van der Waals surface area contributed by atoms with Crippen molar-refractivity contribution in [1.82, 2.24) is 5.32 Å². The van der Waals surface area contributed by atoms with Crippen LogP contribution in [0.25, 0.3) is 0 Å². The summed E-state index contributed by atoms with van der Waals surface area (Å²) in [5.41, 5.74) is 7.49. The second-order valence-electron chi connectivity index (χ2n) is 7.84. The Morgan fingerprint density at radius 3 is 2.56 bits per heavy atom. The molecule has 1 saturated carbocycles. The number of methoxy groups -OCH3 is 1. The van der Waals surface area contributed by atoms with Gasteiger partial charge in [0.05, 0.1) is 24.2 Å². The standard InChI is InChI=1S/C23H30N4O5/c1-3-32-21-11-4-15(12-22(21)31-2)14-25-23(28)19-13-18(27(29)30)9-10-20(19)26-17-7-5-16(24)6-8-17/h4,9-13,16-17,26H,3,5-8,14,24H2,1-2H3,(H,25,28)/t16-,17-. The van der Waals surface area contributed by atoms with Gasteiger partial charge in [0.15, 0.2) is 11.5 Å². The van der Waals surface area contributed by atoms with Gasteiger partial charge in [-0.15, -0.1) is 0 Å². The first-order valence-corrected chi connectivity index (χ1v) is 10.8. The van der Waals surface area contributed by atoms with Crippen LogP contribution in [0.4, 0.5) is 11.4 Å². The minimum absolute atomic E-state index is 0.130. The van der Waals surface area contributed by atoms with E-state index in [0.29, 0.717) is 23.8 Å². The third-order valence-electron chi connectivity index (χ3n) is 5.57. The molecule has 0 radical (unpaired) electrons. The molecule has 1 aliphatic rings. The van der Waals surface area contributed by atoms with E-state index in [-0.39, 0.29) is 29.9 Å². The molecule has 1 amide bonds. The maximum Gasteiger partial charge on any atom is 0.270 e. The van der Waals surface area contributed by atoms with Crippen molar-refractivity contribution in [2.75, 3.05) is 19.0 Å². The van der Waals surface area contributed by atoms with E-state index in [1.807, 2.05) is 13.0 Å². The normalized spacial score (nSPS) is 18.0. The van der Waals surface area contributed by atoms with Gasteiger partial charge in [0, 0.05) is 36.4 Å². The van der Waals surface area contributed by atoms with E-state index in [2.05, 4.69) is 10.6 Å². The van der Waals surface area contributed by atoms with Crippen molar-refractivity contribution in [3.8, 4) is 11.5 Å². The zero-order chi connectivity index (χ0) is 23.1. The summed E-state index contributed by atoms with van der Waals surface area (Å²) in [6.45, 7) is 2.64. The molecule has 0 heterocycles. The molecule has 0 spiro atoms. The lowest BCUT2D eigenvalue weighted by atomic mass is 9.91. The highest BCUT2D eigenvalue weighted by atomic mass is 16.6. The third kappa shape index (κ3) is 5.88. The summed E-state index contributed by atoms with van der Waals surface area (Å²) in [7, 11) is 1.55. The first kappa shape index (κ1) is 23.3. The van der Waals surface area contributed by atoms with Gasteiger partial charge in [-0.1, -0.05) is 6.07 Å². The van der Waals surface area contributed by atoms with Crippen LogP contribution in [-0.4, -0.2) is 36.6 Å². The summed E-state index contributed by atoms with van der Waals surface area (Å²) in [4.78, 5) is 23.7. The zero-order valence-electron chi connectivity index (χ0n) is 18.4. The number of nitrogens with two attached hydrogens (primary N) is 1. The zero-order valence-corrected chi connectivity index (χ0v) is 18.4. The Morgan fingerprint density at radius 1 is 1.16 bits per heavy atom. The summed E-state index contributed by atoms with van der Waals surface area (Å²) in [5, 5.41) is 17.5. The van der Waals surface area contributed by atoms with Crippen LogP contribution in [0, 0.1) is 10.1 Å². The van der Waals surface area contributed by atoms with Crippen LogP contribution in [0.15, 0.2) is 36.4 Å². The number of nitrogens with one attached hydrogen (secondary N) is 2. The van der Waals surface area contributed by atoms with Crippen molar-refractivity contribution in [2.45, 2.75) is 51.2 Å². The summed E-state index contributed by atoms with van der Waals surface area (Å²) in [6, 6.07) is 10.1. The lowest BCUT2D eigenvalue weighted by Crippen LogP contribution is -2.33. The number of nitrogens with zero attached hydrogens (tertiary/aromatic N) is 1. The highest BCUT2D eigenvalue weighted by Gasteiger charge is 2.22. The number of nitro benzene ring substituents is 1. The number of hydrogen-bond donors (Lipinski definition) is 3. The van der Waals surface area contributed by atoms with Crippen LogP contribution in [0.2, 0.25) is 0 Å². The van der Waals surface area contributed by atoms with E-state index < -0.39 is 10.8 Å². The topological polar surface area (TPSA) is 129 Å². The number of benzene rings is 2. The molecule has 9 nitrogen and oxygen atoms in total. The molecule has 0 aliphatic heterocycles. The summed E-state index contributed by atoms with van der Waals surface area (Å²) >= 11 is 0. The van der Waals surface area contributed by atoms with Crippen LogP contribution in [-0.2, 0) is 6.54 Å². The van der Waals surface area contributed by atoms with Gasteiger partial charge >= 0.3 is 0 Å². The second-order valence-corrected chi connectivity index (χ2v) is 7.84. The van der Waals surface area contributed by atoms with E-state index in [9.17, 15) is 14.9 Å². The second kappa shape index (κ2) is 10.8. The van der Waals surface area contributed by atoms with Gasteiger partial charge in [-0.05, 0) is 56.4 Å². The highest BCUT2D eigenvalue weighted by Crippen LogP contribution is 2.29. The molecule has 0 aromatic heterocycles. The number of carbonyl (C=O) groups excluding carboxylic acids is 1. The summed E-state index contributed by atoms with van der Waals surface area (Å²) in [5.74, 6) is 0.811. The number of hydrogen-bond acceptors (Lipinski definition) is 7. The number of nitro groups is 1. The monoisotopic (exact) mass is 442 g/mol. The van der Waals surface area contributed by atoms with Crippen LogP contribution < -0.4 is 25.8 Å². The number of rotatable bonds is 9. The number of anilines is 1. The number of amides is 1. The fourth-order valence-corrected chi connectivity index (χ4v) is 3.82. The van der Waals surface area contributed by atoms with Crippen LogP contribution in [0.1, 0.15) is 48.5 Å². The molecule has 0 unspecified atom stereocenters. The maximum absolute atomic E-state index is 13.0. The summed E-state index contributed by atoms with van der Waals surface area (Å²) < 4.78 is 10.9. The molecule has 2 aromatic carbocycles. The number of ether oxygens (including phenoxy) is 2. The highest BCUT2D eigenvalue weighted by molar-refractivity contribution is 6.00. The molecule has 1 fully saturated rings. The Morgan fingerprint density at radius 2 is 1.91 bits per heavy atom. The van der Waals surface area contributed by atoms with Gasteiger partial charge in [0.2, 0.25) is 0 Å². The van der Waals surface area contributed by atoms with Crippen molar-refractivity contribution in [3.05, 3.63) is 57.6 Å². The molecular formula is C23H30N4O5. The van der Waals surface area contributed by atoms with Crippen LogP contribution in [0.3, 0.4) is 0 Å². The molecule has 32 heavy (non-hydrogen) atoms. The Balaban J connectivity index is 1.75. The van der Waals surface area contributed by atoms with Gasteiger partial charge < -0.3 is 25.8 Å². The van der Waals surface area contributed by atoms with Gasteiger partial charge in [-0.25, -0.2) is 0 Å². The van der Waals surface area contributed by atoms with Crippen molar-refractivity contribution in [2.24, 2.45) is 5.73 Å². The lowest BCUT2D eigenvalue weighted by Gasteiger charge is -2.28. The van der Waals surface area contributed by atoms with Crippen molar-refractivity contribution in [1.29, 1.82) is 0 Å². The Kier molecular flexibility index (Phi) is 7.88. The molecule has 4 N–H and O–H groups in total. The van der Waals surface area contributed by atoms with E-state index in [4.69, 9.17) is 15.2 Å². The molecule has 172 valence electrons. The molecule has 0 bridgehead atoms. The van der Waals surface area contributed by atoms with E-state index in [1.54, 1.807) is 25.3 Å².